The van der Waals surface area contributed by atoms with Crippen LogP contribution in [-0.2, 0) is 11.2 Å². The molecular weight excluding hydrogens is 411 g/mol. The topological polar surface area (TPSA) is 72.9 Å². The molecule has 4 aromatic rings. The molecule has 32 heavy (non-hydrogen) atoms. The summed E-state index contributed by atoms with van der Waals surface area (Å²) in [6, 6.07) is 11.8. The lowest BCUT2D eigenvalue weighted by Crippen LogP contribution is -2.40. The monoisotopic (exact) mass is 434 g/mol. The first-order chi connectivity index (χ1) is 15.6. The molecule has 1 atom stereocenters. The fourth-order valence-electron chi connectivity index (χ4n) is 4.23. The maximum absolute atomic E-state index is 13.8. The van der Waals surface area contributed by atoms with Gasteiger partial charge in [0.05, 0.1) is 19.8 Å². The number of benzene rings is 1. The molecule has 0 radical (unpaired) electrons. The summed E-state index contributed by atoms with van der Waals surface area (Å²) < 4.78 is 26.2. The number of halogens is 1. The molecule has 1 fully saturated rings. The first-order valence-corrected chi connectivity index (χ1v) is 10.6. The maximum atomic E-state index is 13.8. The number of rotatable bonds is 5. The Morgan fingerprint density at radius 1 is 1.28 bits per heavy atom. The third-order valence-electron chi connectivity index (χ3n) is 5.86. The predicted molar refractivity (Wildman–Crippen MR) is 116 cm³/mol. The highest BCUT2D eigenvalue weighted by Crippen LogP contribution is 2.31. The zero-order valence-electron chi connectivity index (χ0n) is 17.7. The quantitative estimate of drug-likeness (QED) is 0.473. The molecule has 3 aromatic heterocycles. The summed E-state index contributed by atoms with van der Waals surface area (Å²) in [7, 11) is 1.56. The summed E-state index contributed by atoms with van der Waals surface area (Å²) in [5.74, 6) is 1.75. The number of hydrogen-bond acceptors (Lipinski definition) is 5. The number of amides is 1. The van der Waals surface area contributed by atoms with Crippen molar-refractivity contribution < 1.29 is 18.3 Å². The summed E-state index contributed by atoms with van der Waals surface area (Å²) in [6.45, 7) is 1.31. The Morgan fingerprint density at radius 2 is 2.19 bits per heavy atom. The van der Waals surface area contributed by atoms with Gasteiger partial charge in [-0.05, 0) is 55.3 Å². The van der Waals surface area contributed by atoms with Crippen LogP contribution in [0.1, 0.15) is 30.3 Å². The van der Waals surface area contributed by atoms with Crippen molar-refractivity contribution in [1.82, 2.24) is 19.5 Å². The average molecular weight is 434 g/mol. The van der Waals surface area contributed by atoms with Crippen LogP contribution in [0.5, 0.6) is 5.75 Å². The van der Waals surface area contributed by atoms with Gasteiger partial charge in [-0.3, -0.25) is 4.79 Å². The standard InChI is InChI=1S/C24H23FN4O3/c1-31-21-8-7-18(25)12-20(21)16-6-9-22-26-24(27-29(22)15-16)17-4-2-10-28(14-17)23(30)13-19-5-3-11-32-19/h3,5-9,11-12,15,17H,2,4,10,13-14H2,1H3. The van der Waals surface area contributed by atoms with E-state index in [1.807, 2.05) is 29.3 Å². The van der Waals surface area contributed by atoms with Crippen molar-refractivity contribution in [2.45, 2.75) is 25.2 Å². The Kier molecular flexibility index (Phi) is 5.34. The molecule has 0 N–H and O–H groups in total. The van der Waals surface area contributed by atoms with E-state index in [-0.39, 0.29) is 24.1 Å². The number of pyridine rings is 1. The molecule has 164 valence electrons. The van der Waals surface area contributed by atoms with Gasteiger partial charge in [-0.25, -0.2) is 13.9 Å². The number of nitrogens with zero attached hydrogens (tertiary/aromatic N) is 4. The van der Waals surface area contributed by atoms with Gasteiger partial charge in [-0.2, -0.15) is 5.10 Å². The fraction of sp³-hybridized carbons (Fsp3) is 0.292. The summed E-state index contributed by atoms with van der Waals surface area (Å²) in [5, 5.41) is 4.68. The molecule has 1 saturated heterocycles. The molecule has 1 unspecified atom stereocenters. The highest BCUT2D eigenvalue weighted by Gasteiger charge is 2.28. The first-order valence-electron chi connectivity index (χ1n) is 10.6. The highest BCUT2D eigenvalue weighted by atomic mass is 19.1. The number of methoxy groups -OCH3 is 1. The lowest BCUT2D eigenvalue weighted by atomic mass is 9.97. The van der Waals surface area contributed by atoms with Crippen LogP contribution in [0.2, 0.25) is 0 Å². The molecule has 1 aromatic carbocycles. The van der Waals surface area contributed by atoms with Crippen LogP contribution in [-0.4, -0.2) is 45.6 Å². The number of carbonyl (C=O) groups excluding carboxylic acids is 1. The minimum atomic E-state index is -0.332. The van der Waals surface area contributed by atoms with Crippen molar-refractivity contribution in [3.63, 3.8) is 0 Å². The summed E-state index contributed by atoms with van der Waals surface area (Å²) in [6.07, 6.45) is 5.49. The SMILES string of the molecule is COc1ccc(F)cc1-c1ccc2nc(C3CCCN(C(=O)Cc4ccco4)C3)nn2c1. The Morgan fingerprint density at radius 3 is 3.00 bits per heavy atom. The predicted octanol–water partition coefficient (Wildman–Crippen LogP) is 4.09. The molecule has 1 aliphatic rings. The zero-order valence-corrected chi connectivity index (χ0v) is 17.7. The van der Waals surface area contributed by atoms with E-state index in [1.165, 1.54) is 12.1 Å². The van der Waals surface area contributed by atoms with Gasteiger partial charge in [0.25, 0.3) is 0 Å². The summed E-state index contributed by atoms with van der Waals surface area (Å²) in [4.78, 5) is 19.2. The van der Waals surface area contributed by atoms with E-state index in [4.69, 9.17) is 14.1 Å². The summed E-state index contributed by atoms with van der Waals surface area (Å²) >= 11 is 0. The van der Waals surface area contributed by atoms with Crippen LogP contribution in [0.15, 0.2) is 59.3 Å². The lowest BCUT2D eigenvalue weighted by molar-refractivity contribution is -0.132. The minimum Gasteiger partial charge on any atom is -0.496 e. The molecule has 5 rings (SSSR count). The number of ether oxygens (including phenoxy) is 1. The van der Waals surface area contributed by atoms with Crippen LogP contribution in [0.3, 0.4) is 0 Å². The Hall–Kier alpha value is -3.68. The Balaban J connectivity index is 1.38. The third kappa shape index (κ3) is 3.95. The number of piperidine rings is 1. The molecule has 0 aliphatic carbocycles. The van der Waals surface area contributed by atoms with Crippen LogP contribution in [0.4, 0.5) is 4.39 Å². The highest BCUT2D eigenvalue weighted by molar-refractivity contribution is 5.78. The average Bonchev–Trinajstić information content (AvgIpc) is 3.48. The maximum Gasteiger partial charge on any atom is 0.230 e. The largest absolute Gasteiger partial charge is 0.496 e. The van der Waals surface area contributed by atoms with E-state index in [0.717, 1.165) is 24.9 Å². The second kappa shape index (κ2) is 8.45. The van der Waals surface area contributed by atoms with Crippen molar-refractivity contribution in [3.05, 3.63) is 72.3 Å². The van der Waals surface area contributed by atoms with Gasteiger partial charge in [0.15, 0.2) is 11.5 Å². The van der Waals surface area contributed by atoms with Gasteiger partial charge in [-0.15, -0.1) is 0 Å². The number of furan rings is 1. The van der Waals surface area contributed by atoms with Gasteiger partial charge in [0.2, 0.25) is 5.91 Å². The molecule has 1 aliphatic heterocycles. The van der Waals surface area contributed by atoms with Gasteiger partial charge in [-0.1, -0.05) is 0 Å². The second-order valence-corrected chi connectivity index (χ2v) is 7.97. The molecule has 0 saturated carbocycles. The van der Waals surface area contributed by atoms with Crippen molar-refractivity contribution in [2.75, 3.05) is 20.2 Å². The van der Waals surface area contributed by atoms with Gasteiger partial charge in [0, 0.05) is 36.3 Å². The molecule has 0 spiro atoms. The second-order valence-electron chi connectivity index (χ2n) is 7.97. The zero-order chi connectivity index (χ0) is 22.1. The Labute approximate surface area is 184 Å². The first kappa shape index (κ1) is 20.2. The van der Waals surface area contributed by atoms with Crippen LogP contribution in [0.25, 0.3) is 16.8 Å². The molecule has 4 heterocycles. The lowest BCUT2D eigenvalue weighted by Gasteiger charge is -2.31. The van der Waals surface area contributed by atoms with E-state index in [1.54, 1.807) is 30.0 Å². The van der Waals surface area contributed by atoms with Crippen molar-refractivity contribution in [2.24, 2.45) is 0 Å². The number of aromatic nitrogens is 3. The minimum absolute atomic E-state index is 0.0499. The smallest absolute Gasteiger partial charge is 0.230 e. The Bertz CT molecular complexity index is 1250. The van der Waals surface area contributed by atoms with Crippen molar-refractivity contribution >= 4 is 11.6 Å². The number of carbonyl (C=O) groups is 1. The number of fused-ring (bicyclic) bond motifs is 1. The van der Waals surface area contributed by atoms with Crippen LogP contribution < -0.4 is 4.74 Å². The van der Waals surface area contributed by atoms with E-state index in [9.17, 15) is 9.18 Å². The number of hydrogen-bond donors (Lipinski definition) is 0. The fourth-order valence-corrected chi connectivity index (χ4v) is 4.23. The molecule has 0 bridgehead atoms. The number of likely N-dealkylation sites (tertiary alicyclic amines) is 1. The molecular formula is C24H23FN4O3. The van der Waals surface area contributed by atoms with E-state index in [2.05, 4.69) is 5.10 Å². The van der Waals surface area contributed by atoms with E-state index < -0.39 is 0 Å². The van der Waals surface area contributed by atoms with Crippen molar-refractivity contribution in [1.29, 1.82) is 0 Å². The van der Waals surface area contributed by atoms with Gasteiger partial charge >= 0.3 is 0 Å². The van der Waals surface area contributed by atoms with Crippen LogP contribution >= 0.6 is 0 Å². The molecule has 7 nitrogen and oxygen atoms in total. The molecule has 1 amide bonds. The summed E-state index contributed by atoms with van der Waals surface area (Å²) in [5.41, 5.74) is 2.14. The van der Waals surface area contributed by atoms with E-state index >= 15 is 0 Å². The normalized spacial score (nSPS) is 16.4. The van der Waals surface area contributed by atoms with Gasteiger partial charge < -0.3 is 14.1 Å². The van der Waals surface area contributed by atoms with Gasteiger partial charge in [0.1, 0.15) is 17.3 Å². The van der Waals surface area contributed by atoms with E-state index in [0.29, 0.717) is 35.1 Å². The van der Waals surface area contributed by atoms with Crippen molar-refractivity contribution in [3.8, 4) is 16.9 Å². The molecule has 8 heteroatoms. The third-order valence-corrected chi connectivity index (χ3v) is 5.86. The van der Waals surface area contributed by atoms with Crippen LogP contribution in [0, 0.1) is 5.82 Å².